The molecule has 0 aliphatic carbocycles. The highest BCUT2D eigenvalue weighted by Crippen LogP contribution is 2.31. The molecule has 1 aromatic rings. The molecule has 0 unspecified atom stereocenters. The van der Waals surface area contributed by atoms with Crippen molar-refractivity contribution in [2.45, 2.75) is 19.4 Å². The van der Waals surface area contributed by atoms with Crippen LogP contribution in [0.4, 0.5) is 0 Å². The number of rotatable bonds is 0. The molecule has 70 valence electrons. The summed E-state index contributed by atoms with van der Waals surface area (Å²) in [6.45, 7) is 1.73. The largest absolute Gasteiger partial charge is 0.506 e. The summed E-state index contributed by atoms with van der Waals surface area (Å²) in [7, 11) is 0. The highest BCUT2D eigenvalue weighted by Gasteiger charge is 2.13. The summed E-state index contributed by atoms with van der Waals surface area (Å²) in [5.41, 5.74) is 2.18. The highest BCUT2D eigenvalue weighted by atomic mass is 35.5. The van der Waals surface area contributed by atoms with Gasteiger partial charge < -0.3 is 10.4 Å². The molecule has 13 heavy (non-hydrogen) atoms. The zero-order valence-electron chi connectivity index (χ0n) is 7.31. The highest BCUT2D eigenvalue weighted by molar-refractivity contribution is 6.32. The molecule has 0 radical (unpaired) electrons. The molecule has 0 bridgehead atoms. The molecule has 1 heterocycles. The molecule has 0 spiro atoms. The number of benzene rings is 1. The lowest BCUT2D eigenvalue weighted by atomic mass is 10.0. The molecule has 1 aliphatic heterocycles. The van der Waals surface area contributed by atoms with Gasteiger partial charge in [-0.15, -0.1) is 0 Å². The molecule has 0 saturated heterocycles. The number of hydrogen-bond acceptors (Lipinski definition) is 2. The topological polar surface area (TPSA) is 32.3 Å². The second kappa shape index (κ2) is 3.56. The molecule has 3 heteroatoms. The van der Waals surface area contributed by atoms with Gasteiger partial charge in [-0.25, -0.2) is 0 Å². The van der Waals surface area contributed by atoms with Crippen molar-refractivity contribution in [2.75, 3.05) is 6.54 Å². The minimum atomic E-state index is 0.244. The third-order valence-corrected chi connectivity index (χ3v) is 2.74. The smallest absolute Gasteiger partial charge is 0.138 e. The molecule has 0 fully saturated rings. The van der Waals surface area contributed by atoms with Gasteiger partial charge in [0.1, 0.15) is 5.75 Å². The predicted octanol–water partition coefficient (Wildman–Crippen LogP) is 2.08. The van der Waals surface area contributed by atoms with Crippen molar-refractivity contribution >= 4 is 11.6 Å². The number of phenols is 1. The van der Waals surface area contributed by atoms with Crippen LogP contribution < -0.4 is 5.32 Å². The van der Waals surface area contributed by atoms with Crippen molar-refractivity contribution in [2.24, 2.45) is 0 Å². The quantitative estimate of drug-likeness (QED) is 0.668. The fourth-order valence-electron chi connectivity index (χ4n) is 1.70. The molecule has 1 aromatic carbocycles. The van der Waals surface area contributed by atoms with E-state index in [0.29, 0.717) is 5.02 Å². The Kier molecular flexibility index (Phi) is 2.42. The van der Waals surface area contributed by atoms with E-state index in [2.05, 4.69) is 5.32 Å². The lowest BCUT2D eigenvalue weighted by molar-refractivity contribution is 0.465. The van der Waals surface area contributed by atoms with Crippen molar-refractivity contribution < 1.29 is 5.11 Å². The molecule has 2 nitrogen and oxygen atoms in total. The predicted molar refractivity (Wildman–Crippen MR) is 53.1 cm³/mol. The second-order valence-electron chi connectivity index (χ2n) is 3.31. The molecule has 0 amide bonds. The summed E-state index contributed by atoms with van der Waals surface area (Å²) in [5.74, 6) is 0.244. The van der Waals surface area contributed by atoms with Crippen LogP contribution in [0.1, 0.15) is 17.5 Å². The van der Waals surface area contributed by atoms with Crippen molar-refractivity contribution in [3.63, 3.8) is 0 Å². The minimum Gasteiger partial charge on any atom is -0.506 e. The van der Waals surface area contributed by atoms with Crippen molar-refractivity contribution in [3.8, 4) is 5.75 Å². The molecule has 2 N–H and O–H groups in total. The van der Waals surface area contributed by atoms with Crippen LogP contribution in [0.2, 0.25) is 5.02 Å². The van der Waals surface area contributed by atoms with Crippen LogP contribution in [-0.2, 0) is 13.0 Å². The minimum absolute atomic E-state index is 0.244. The van der Waals surface area contributed by atoms with Crippen LogP contribution in [0, 0.1) is 0 Å². The van der Waals surface area contributed by atoms with Gasteiger partial charge in [-0.05, 0) is 31.0 Å². The van der Waals surface area contributed by atoms with Crippen LogP contribution in [0.25, 0.3) is 0 Å². The van der Waals surface area contributed by atoms with Gasteiger partial charge in [0.15, 0.2) is 0 Å². The van der Waals surface area contributed by atoms with E-state index in [4.69, 9.17) is 11.6 Å². The lowest BCUT2D eigenvalue weighted by Crippen LogP contribution is -2.12. The number of nitrogens with one attached hydrogen (secondary N) is 1. The lowest BCUT2D eigenvalue weighted by Gasteiger charge is -2.08. The molecule has 0 atom stereocenters. The number of hydrogen-bond donors (Lipinski definition) is 2. The Morgan fingerprint density at radius 1 is 1.38 bits per heavy atom. The fourth-order valence-corrected chi connectivity index (χ4v) is 1.88. The van der Waals surface area contributed by atoms with Gasteiger partial charge in [0.2, 0.25) is 0 Å². The van der Waals surface area contributed by atoms with E-state index in [-0.39, 0.29) is 5.75 Å². The molecule has 0 aromatic heterocycles. The van der Waals surface area contributed by atoms with Gasteiger partial charge in [0.05, 0.1) is 5.02 Å². The van der Waals surface area contributed by atoms with Crippen LogP contribution in [0.5, 0.6) is 5.75 Å². The Hall–Kier alpha value is -0.730. The van der Waals surface area contributed by atoms with E-state index < -0.39 is 0 Å². The standard InChI is InChI=1S/C10H12ClNO/c11-9-4-3-7-2-1-5-12-6-8(7)10(9)13/h3-4,12-13H,1-2,5-6H2. The summed E-state index contributed by atoms with van der Waals surface area (Å²) >= 11 is 5.82. The Morgan fingerprint density at radius 3 is 3.08 bits per heavy atom. The van der Waals surface area contributed by atoms with E-state index in [1.54, 1.807) is 6.07 Å². The normalized spacial score (nSPS) is 16.4. The van der Waals surface area contributed by atoms with Gasteiger partial charge in [0, 0.05) is 12.1 Å². The van der Waals surface area contributed by atoms with E-state index in [1.165, 1.54) is 5.56 Å². The Balaban J connectivity index is 2.48. The zero-order valence-corrected chi connectivity index (χ0v) is 8.06. The number of fused-ring (bicyclic) bond motifs is 1. The van der Waals surface area contributed by atoms with E-state index in [9.17, 15) is 5.11 Å². The maximum absolute atomic E-state index is 9.70. The maximum Gasteiger partial charge on any atom is 0.138 e. The Bertz CT molecular complexity index is 325. The third-order valence-electron chi connectivity index (χ3n) is 2.43. The number of phenolic OH excluding ortho intramolecular Hbond substituents is 1. The number of aromatic hydroxyl groups is 1. The fraction of sp³-hybridized carbons (Fsp3) is 0.400. The average molecular weight is 198 g/mol. The first-order chi connectivity index (χ1) is 6.29. The monoisotopic (exact) mass is 197 g/mol. The van der Waals surface area contributed by atoms with Crippen molar-refractivity contribution in [1.29, 1.82) is 0 Å². The SMILES string of the molecule is Oc1c(Cl)ccc2c1CNCCC2. The van der Waals surface area contributed by atoms with E-state index in [1.807, 2.05) is 6.07 Å². The van der Waals surface area contributed by atoms with Gasteiger partial charge in [-0.3, -0.25) is 0 Å². The van der Waals surface area contributed by atoms with Crippen LogP contribution in [0.3, 0.4) is 0 Å². The zero-order chi connectivity index (χ0) is 9.26. The molecule has 2 rings (SSSR count). The molecule has 1 aliphatic rings. The molecular weight excluding hydrogens is 186 g/mol. The van der Waals surface area contributed by atoms with Crippen molar-refractivity contribution in [3.05, 3.63) is 28.3 Å². The van der Waals surface area contributed by atoms with Crippen molar-refractivity contribution in [1.82, 2.24) is 5.32 Å². The van der Waals surface area contributed by atoms with Crippen LogP contribution in [-0.4, -0.2) is 11.7 Å². The van der Waals surface area contributed by atoms with Gasteiger partial charge in [0.25, 0.3) is 0 Å². The maximum atomic E-state index is 9.70. The van der Waals surface area contributed by atoms with Crippen LogP contribution in [0.15, 0.2) is 12.1 Å². The van der Waals surface area contributed by atoms with Gasteiger partial charge >= 0.3 is 0 Å². The second-order valence-corrected chi connectivity index (χ2v) is 3.72. The summed E-state index contributed by atoms with van der Waals surface area (Å²) in [6, 6.07) is 3.77. The van der Waals surface area contributed by atoms with Gasteiger partial charge in [-0.1, -0.05) is 17.7 Å². The van der Waals surface area contributed by atoms with E-state index >= 15 is 0 Å². The first kappa shape index (κ1) is 8.85. The molecular formula is C10H12ClNO. The Labute approximate surface area is 82.5 Å². The number of aryl methyl sites for hydroxylation is 1. The summed E-state index contributed by atoms with van der Waals surface area (Å²) < 4.78 is 0. The summed E-state index contributed by atoms with van der Waals surface area (Å²) in [5, 5.41) is 13.4. The van der Waals surface area contributed by atoms with Gasteiger partial charge in [-0.2, -0.15) is 0 Å². The van der Waals surface area contributed by atoms with E-state index in [0.717, 1.165) is 31.5 Å². The molecule has 0 saturated carbocycles. The summed E-state index contributed by atoms with van der Waals surface area (Å²) in [6.07, 6.45) is 2.14. The first-order valence-corrected chi connectivity index (χ1v) is 4.87. The van der Waals surface area contributed by atoms with Crippen LogP contribution >= 0.6 is 11.6 Å². The third kappa shape index (κ3) is 1.64. The first-order valence-electron chi connectivity index (χ1n) is 4.49. The number of halogens is 1. The Morgan fingerprint density at radius 2 is 2.23 bits per heavy atom. The average Bonchev–Trinajstić information content (AvgIpc) is 2.36. The summed E-state index contributed by atoms with van der Waals surface area (Å²) in [4.78, 5) is 0.